The van der Waals surface area contributed by atoms with Crippen molar-refractivity contribution in [2.24, 2.45) is 5.92 Å². The SMILES string of the molecule is Clc1cccc(C2Nc3c(I)cccc3C3C=CCC32)c1Cl. The van der Waals surface area contributed by atoms with Gasteiger partial charge in [-0.3, -0.25) is 0 Å². The molecule has 3 atom stereocenters. The fourth-order valence-electron chi connectivity index (χ4n) is 3.65. The van der Waals surface area contributed by atoms with E-state index in [1.54, 1.807) is 0 Å². The van der Waals surface area contributed by atoms with Crippen molar-refractivity contribution in [1.29, 1.82) is 0 Å². The van der Waals surface area contributed by atoms with Crippen molar-refractivity contribution in [3.8, 4) is 0 Å². The Morgan fingerprint density at radius 3 is 2.68 bits per heavy atom. The van der Waals surface area contributed by atoms with Crippen molar-refractivity contribution in [2.75, 3.05) is 5.32 Å². The summed E-state index contributed by atoms with van der Waals surface area (Å²) in [5.41, 5.74) is 3.72. The smallest absolute Gasteiger partial charge is 0.0645 e. The van der Waals surface area contributed by atoms with E-state index in [1.807, 2.05) is 12.1 Å². The van der Waals surface area contributed by atoms with Gasteiger partial charge in [0.25, 0.3) is 0 Å². The third-order valence-corrected chi connectivity index (χ3v) is 6.39. The molecule has 22 heavy (non-hydrogen) atoms. The van der Waals surface area contributed by atoms with Gasteiger partial charge in [-0.25, -0.2) is 0 Å². The van der Waals surface area contributed by atoms with Crippen LogP contribution in [0.1, 0.15) is 29.5 Å². The third-order valence-electron chi connectivity index (χ3n) is 4.66. The van der Waals surface area contributed by atoms with Crippen molar-refractivity contribution < 1.29 is 0 Å². The van der Waals surface area contributed by atoms with Crippen LogP contribution in [0.3, 0.4) is 0 Å². The van der Waals surface area contributed by atoms with Gasteiger partial charge < -0.3 is 5.32 Å². The first-order valence-corrected chi connectivity index (χ1v) is 9.16. The molecule has 3 unspecified atom stereocenters. The van der Waals surface area contributed by atoms with Crippen LogP contribution in [0.5, 0.6) is 0 Å². The zero-order valence-corrected chi connectivity index (χ0v) is 15.4. The maximum absolute atomic E-state index is 6.49. The van der Waals surface area contributed by atoms with E-state index in [1.165, 1.54) is 14.8 Å². The minimum Gasteiger partial charge on any atom is -0.377 e. The molecule has 1 aliphatic heterocycles. The highest BCUT2D eigenvalue weighted by Gasteiger charge is 2.39. The molecule has 2 aliphatic rings. The van der Waals surface area contributed by atoms with Crippen molar-refractivity contribution in [3.63, 3.8) is 0 Å². The highest BCUT2D eigenvalue weighted by atomic mass is 127. The predicted octanol–water partition coefficient (Wildman–Crippen LogP) is 6.42. The maximum Gasteiger partial charge on any atom is 0.0645 e. The minimum atomic E-state index is 0.189. The summed E-state index contributed by atoms with van der Waals surface area (Å²) in [6, 6.07) is 12.6. The number of halogens is 3. The van der Waals surface area contributed by atoms with Crippen LogP contribution in [-0.4, -0.2) is 0 Å². The average Bonchev–Trinajstić information content (AvgIpc) is 3.00. The summed E-state index contributed by atoms with van der Waals surface area (Å²) in [7, 11) is 0. The molecule has 0 spiro atoms. The number of para-hydroxylation sites is 1. The van der Waals surface area contributed by atoms with Crippen molar-refractivity contribution >= 4 is 51.5 Å². The Bertz CT molecular complexity index is 772. The van der Waals surface area contributed by atoms with Gasteiger partial charge in [0.1, 0.15) is 0 Å². The van der Waals surface area contributed by atoms with Gasteiger partial charge in [0.2, 0.25) is 0 Å². The zero-order chi connectivity index (χ0) is 15.3. The topological polar surface area (TPSA) is 12.0 Å². The van der Waals surface area contributed by atoms with Gasteiger partial charge in [-0.05, 0) is 58.2 Å². The van der Waals surface area contributed by atoms with Crippen LogP contribution < -0.4 is 5.32 Å². The number of hydrogen-bond donors (Lipinski definition) is 1. The molecule has 1 N–H and O–H groups in total. The van der Waals surface area contributed by atoms with Crippen molar-refractivity contribution in [1.82, 2.24) is 0 Å². The van der Waals surface area contributed by atoms with Crippen LogP contribution in [0.4, 0.5) is 5.69 Å². The lowest BCUT2D eigenvalue weighted by Crippen LogP contribution is -2.29. The Hall–Kier alpha value is -0.710. The van der Waals surface area contributed by atoms with Crippen LogP contribution in [-0.2, 0) is 0 Å². The van der Waals surface area contributed by atoms with E-state index in [-0.39, 0.29) is 6.04 Å². The molecule has 0 bridgehead atoms. The molecular formula is C18H14Cl2IN. The Morgan fingerprint density at radius 2 is 1.82 bits per heavy atom. The predicted molar refractivity (Wildman–Crippen MR) is 102 cm³/mol. The monoisotopic (exact) mass is 441 g/mol. The molecule has 1 aliphatic carbocycles. The standard InChI is InChI=1S/C18H14Cl2IN/c19-14-8-2-7-13(16(14)20)17-11-5-1-4-10(11)12-6-3-9-15(21)18(12)22-17/h1-4,6-11,17,22H,5H2. The van der Waals surface area contributed by atoms with Crippen LogP contribution in [0, 0.1) is 9.49 Å². The lowest BCUT2D eigenvalue weighted by molar-refractivity contribution is 0.425. The molecule has 112 valence electrons. The highest BCUT2D eigenvalue weighted by Crippen LogP contribution is 2.52. The summed E-state index contributed by atoms with van der Waals surface area (Å²) < 4.78 is 1.25. The third kappa shape index (κ3) is 2.27. The summed E-state index contributed by atoms with van der Waals surface area (Å²) in [5.74, 6) is 0.938. The summed E-state index contributed by atoms with van der Waals surface area (Å²) >= 11 is 15.1. The molecule has 4 heteroatoms. The van der Waals surface area contributed by atoms with Gasteiger partial charge in [-0.2, -0.15) is 0 Å². The van der Waals surface area contributed by atoms with Crippen molar-refractivity contribution in [2.45, 2.75) is 18.4 Å². The van der Waals surface area contributed by atoms with Crippen LogP contribution in [0.25, 0.3) is 0 Å². The van der Waals surface area contributed by atoms with E-state index < -0.39 is 0 Å². The molecule has 0 saturated carbocycles. The molecular weight excluding hydrogens is 428 g/mol. The van der Waals surface area contributed by atoms with Crippen molar-refractivity contribution in [3.05, 3.63) is 73.3 Å². The Balaban J connectivity index is 1.86. The summed E-state index contributed by atoms with van der Waals surface area (Å²) in [5, 5.41) is 5.02. The molecule has 0 amide bonds. The first kappa shape index (κ1) is 14.9. The Kier molecular flexibility index (Phi) is 3.87. The molecule has 4 rings (SSSR count). The second-order valence-corrected chi connectivity index (χ2v) is 7.77. The van der Waals surface area contributed by atoms with E-state index in [2.05, 4.69) is 64.3 Å². The Morgan fingerprint density at radius 1 is 1.05 bits per heavy atom. The molecule has 2 aromatic rings. The van der Waals surface area contributed by atoms with E-state index in [0.717, 1.165) is 12.0 Å². The lowest BCUT2D eigenvalue weighted by atomic mass is 9.77. The number of benzene rings is 2. The quantitative estimate of drug-likeness (QED) is 0.397. The zero-order valence-electron chi connectivity index (χ0n) is 11.7. The van der Waals surface area contributed by atoms with Gasteiger partial charge in [-0.15, -0.1) is 0 Å². The van der Waals surface area contributed by atoms with Gasteiger partial charge >= 0.3 is 0 Å². The molecule has 1 heterocycles. The van der Waals surface area contributed by atoms with Gasteiger partial charge in [-0.1, -0.05) is 59.6 Å². The van der Waals surface area contributed by atoms with E-state index >= 15 is 0 Å². The first-order chi connectivity index (χ1) is 10.7. The fraction of sp³-hybridized carbons (Fsp3) is 0.222. The number of anilines is 1. The molecule has 2 aromatic carbocycles. The second kappa shape index (κ2) is 5.73. The number of hydrogen-bond acceptors (Lipinski definition) is 1. The normalized spacial score (nSPS) is 25.5. The summed E-state index contributed by atoms with van der Waals surface area (Å²) in [6.07, 6.45) is 5.69. The van der Waals surface area contributed by atoms with Gasteiger partial charge in [0.15, 0.2) is 0 Å². The minimum absolute atomic E-state index is 0.189. The van der Waals surface area contributed by atoms with Gasteiger partial charge in [0.05, 0.1) is 21.8 Å². The average molecular weight is 442 g/mol. The molecule has 0 fully saturated rings. The molecule has 0 aromatic heterocycles. The van der Waals surface area contributed by atoms with E-state index in [4.69, 9.17) is 23.2 Å². The summed E-state index contributed by atoms with van der Waals surface area (Å²) in [6.45, 7) is 0. The number of nitrogens with one attached hydrogen (secondary N) is 1. The maximum atomic E-state index is 6.49. The number of allylic oxidation sites excluding steroid dienone is 2. The van der Waals surface area contributed by atoms with Gasteiger partial charge in [0, 0.05) is 9.49 Å². The summed E-state index contributed by atoms with van der Waals surface area (Å²) in [4.78, 5) is 0. The lowest BCUT2D eigenvalue weighted by Gasteiger charge is -2.38. The molecule has 1 nitrogen and oxygen atoms in total. The van der Waals surface area contributed by atoms with Crippen LogP contribution >= 0.6 is 45.8 Å². The van der Waals surface area contributed by atoms with Crippen LogP contribution in [0.2, 0.25) is 10.0 Å². The van der Waals surface area contributed by atoms with E-state index in [0.29, 0.717) is 21.9 Å². The second-order valence-electron chi connectivity index (χ2n) is 5.82. The largest absolute Gasteiger partial charge is 0.377 e. The first-order valence-electron chi connectivity index (χ1n) is 7.32. The fourth-order valence-corrected chi connectivity index (χ4v) is 4.75. The molecule has 0 saturated heterocycles. The molecule has 0 radical (unpaired) electrons. The van der Waals surface area contributed by atoms with E-state index in [9.17, 15) is 0 Å². The number of fused-ring (bicyclic) bond motifs is 3. The Labute approximate surface area is 153 Å². The van der Waals surface area contributed by atoms with Crippen LogP contribution in [0.15, 0.2) is 48.6 Å². The highest BCUT2D eigenvalue weighted by molar-refractivity contribution is 14.1. The number of rotatable bonds is 1.